The molecule has 1 aromatic rings. The first-order valence-electron chi connectivity index (χ1n) is 4.15. The van der Waals surface area contributed by atoms with Crippen molar-refractivity contribution in [3.05, 3.63) is 18.3 Å². The molecular weight excluding hydrogens is 168 g/mol. The molecule has 0 spiro atoms. The first kappa shape index (κ1) is 9.44. The van der Waals surface area contributed by atoms with Gasteiger partial charge in [-0.15, -0.1) is 5.10 Å². The minimum atomic E-state index is -0.248. The van der Waals surface area contributed by atoms with Crippen molar-refractivity contribution in [3.8, 4) is 0 Å². The van der Waals surface area contributed by atoms with Gasteiger partial charge in [0.05, 0.1) is 0 Å². The van der Waals surface area contributed by atoms with Crippen molar-refractivity contribution in [2.75, 3.05) is 11.9 Å². The van der Waals surface area contributed by atoms with E-state index in [4.69, 9.17) is 0 Å². The van der Waals surface area contributed by atoms with Crippen LogP contribution in [0.15, 0.2) is 18.3 Å². The van der Waals surface area contributed by atoms with E-state index in [-0.39, 0.29) is 6.03 Å². The maximum atomic E-state index is 11.1. The normalized spacial score (nSPS) is 9.31. The minimum absolute atomic E-state index is 0.248. The third-order valence-corrected chi connectivity index (χ3v) is 1.35. The average Bonchev–Trinajstić information content (AvgIpc) is 2.16. The molecule has 0 unspecified atom stereocenters. The Morgan fingerprint density at radius 2 is 2.46 bits per heavy atom. The highest BCUT2D eigenvalue weighted by Crippen LogP contribution is 1.96. The predicted molar refractivity (Wildman–Crippen MR) is 49.3 cm³/mol. The van der Waals surface area contributed by atoms with Crippen LogP contribution in [0.3, 0.4) is 0 Å². The lowest BCUT2D eigenvalue weighted by Crippen LogP contribution is -2.29. The highest BCUT2D eigenvalue weighted by molar-refractivity contribution is 5.87. The highest BCUT2D eigenvalue weighted by atomic mass is 16.2. The fourth-order valence-corrected chi connectivity index (χ4v) is 0.767. The van der Waals surface area contributed by atoms with Gasteiger partial charge in [0.25, 0.3) is 0 Å². The Morgan fingerprint density at radius 1 is 1.62 bits per heavy atom. The second-order valence-corrected chi connectivity index (χ2v) is 2.49. The molecule has 5 heteroatoms. The average molecular weight is 180 g/mol. The van der Waals surface area contributed by atoms with E-state index < -0.39 is 0 Å². The van der Waals surface area contributed by atoms with Gasteiger partial charge in [0.15, 0.2) is 5.82 Å². The summed E-state index contributed by atoms with van der Waals surface area (Å²) in [6.07, 6.45) is 2.46. The molecular formula is C8H12N4O. The Bertz CT molecular complexity index is 262. The van der Waals surface area contributed by atoms with E-state index in [9.17, 15) is 4.79 Å². The quantitative estimate of drug-likeness (QED) is 0.729. The van der Waals surface area contributed by atoms with E-state index >= 15 is 0 Å². The summed E-state index contributed by atoms with van der Waals surface area (Å²) in [5.74, 6) is 0.455. The van der Waals surface area contributed by atoms with Gasteiger partial charge < -0.3 is 5.32 Å². The van der Waals surface area contributed by atoms with Crippen LogP contribution in [0.4, 0.5) is 10.6 Å². The fraction of sp³-hybridized carbons (Fsp3) is 0.375. The molecule has 5 nitrogen and oxygen atoms in total. The number of anilines is 1. The Balaban J connectivity index is 2.37. The van der Waals surface area contributed by atoms with Gasteiger partial charge in [-0.05, 0) is 18.6 Å². The molecule has 0 saturated carbocycles. The summed E-state index contributed by atoms with van der Waals surface area (Å²) in [5, 5.41) is 12.5. The molecule has 70 valence electrons. The number of carbonyl (C=O) groups is 1. The molecule has 0 aliphatic carbocycles. The molecule has 0 saturated heterocycles. The van der Waals surface area contributed by atoms with Gasteiger partial charge in [-0.1, -0.05) is 6.92 Å². The van der Waals surface area contributed by atoms with Crippen LogP contribution < -0.4 is 10.6 Å². The van der Waals surface area contributed by atoms with Gasteiger partial charge >= 0.3 is 6.03 Å². The summed E-state index contributed by atoms with van der Waals surface area (Å²) in [6.45, 7) is 2.65. The summed E-state index contributed by atoms with van der Waals surface area (Å²) >= 11 is 0. The van der Waals surface area contributed by atoms with E-state index in [1.54, 1.807) is 18.3 Å². The molecule has 0 radical (unpaired) electrons. The van der Waals surface area contributed by atoms with Gasteiger partial charge in [0.2, 0.25) is 0 Å². The molecule has 2 amide bonds. The number of aromatic nitrogens is 2. The number of carbonyl (C=O) groups excluding carboxylic acids is 1. The van der Waals surface area contributed by atoms with E-state index in [1.165, 1.54) is 0 Å². The summed E-state index contributed by atoms with van der Waals surface area (Å²) in [5.41, 5.74) is 0. The first-order valence-corrected chi connectivity index (χ1v) is 4.15. The molecule has 0 aromatic carbocycles. The third kappa shape index (κ3) is 3.50. The molecule has 0 aliphatic heterocycles. The van der Waals surface area contributed by atoms with E-state index in [1.807, 2.05) is 6.92 Å². The van der Waals surface area contributed by atoms with Crippen molar-refractivity contribution in [2.45, 2.75) is 13.3 Å². The zero-order valence-electron chi connectivity index (χ0n) is 7.45. The molecule has 0 fully saturated rings. The fourth-order valence-electron chi connectivity index (χ4n) is 0.767. The topological polar surface area (TPSA) is 66.9 Å². The number of nitrogens with zero attached hydrogens (tertiary/aromatic N) is 2. The van der Waals surface area contributed by atoms with Gasteiger partial charge in [-0.25, -0.2) is 4.79 Å². The summed E-state index contributed by atoms with van der Waals surface area (Å²) < 4.78 is 0. The van der Waals surface area contributed by atoms with Crippen molar-refractivity contribution < 1.29 is 4.79 Å². The number of nitrogens with one attached hydrogen (secondary N) is 2. The summed E-state index contributed by atoms with van der Waals surface area (Å²) in [6, 6.07) is 3.14. The lowest BCUT2D eigenvalue weighted by atomic mass is 10.5. The van der Waals surface area contributed by atoms with E-state index in [0.29, 0.717) is 12.4 Å². The van der Waals surface area contributed by atoms with E-state index in [0.717, 1.165) is 6.42 Å². The number of hydrogen-bond donors (Lipinski definition) is 2. The summed E-state index contributed by atoms with van der Waals surface area (Å²) in [4.78, 5) is 11.1. The molecule has 2 N–H and O–H groups in total. The molecule has 1 rings (SSSR count). The zero-order valence-corrected chi connectivity index (χ0v) is 7.45. The first-order chi connectivity index (χ1) is 6.33. The molecule has 0 atom stereocenters. The molecule has 1 aromatic heterocycles. The van der Waals surface area contributed by atoms with Gasteiger partial charge in [-0.3, -0.25) is 5.32 Å². The van der Waals surface area contributed by atoms with Crippen LogP contribution in [-0.2, 0) is 0 Å². The lowest BCUT2D eigenvalue weighted by molar-refractivity contribution is 0.252. The van der Waals surface area contributed by atoms with Crippen LogP contribution in [0.5, 0.6) is 0 Å². The summed E-state index contributed by atoms with van der Waals surface area (Å²) in [7, 11) is 0. The van der Waals surface area contributed by atoms with Crippen LogP contribution in [-0.4, -0.2) is 22.8 Å². The van der Waals surface area contributed by atoms with Crippen LogP contribution in [0.2, 0.25) is 0 Å². The molecule has 13 heavy (non-hydrogen) atoms. The maximum Gasteiger partial charge on any atom is 0.320 e. The standard InChI is InChI=1S/C8H12N4O/c1-2-5-9-8(13)11-7-4-3-6-10-12-7/h3-4,6H,2,5H2,1H3,(H2,9,11,12,13). The third-order valence-electron chi connectivity index (χ3n) is 1.35. The Hall–Kier alpha value is -1.65. The minimum Gasteiger partial charge on any atom is -0.338 e. The van der Waals surface area contributed by atoms with Crippen molar-refractivity contribution in [2.24, 2.45) is 0 Å². The van der Waals surface area contributed by atoms with Crippen LogP contribution in [0.25, 0.3) is 0 Å². The van der Waals surface area contributed by atoms with Gasteiger partial charge in [0, 0.05) is 12.7 Å². The smallest absolute Gasteiger partial charge is 0.320 e. The number of hydrogen-bond acceptors (Lipinski definition) is 3. The van der Waals surface area contributed by atoms with Crippen molar-refractivity contribution in [1.29, 1.82) is 0 Å². The lowest BCUT2D eigenvalue weighted by Gasteiger charge is -2.03. The van der Waals surface area contributed by atoms with Crippen molar-refractivity contribution >= 4 is 11.8 Å². The zero-order chi connectivity index (χ0) is 9.52. The number of rotatable bonds is 3. The second-order valence-electron chi connectivity index (χ2n) is 2.49. The SMILES string of the molecule is CCCNC(=O)Nc1cccnn1. The number of urea groups is 1. The Labute approximate surface area is 76.6 Å². The van der Waals surface area contributed by atoms with Crippen LogP contribution >= 0.6 is 0 Å². The Kier molecular flexibility index (Phi) is 3.69. The van der Waals surface area contributed by atoms with Gasteiger partial charge in [0.1, 0.15) is 0 Å². The van der Waals surface area contributed by atoms with Crippen molar-refractivity contribution in [3.63, 3.8) is 0 Å². The van der Waals surface area contributed by atoms with Crippen molar-refractivity contribution in [1.82, 2.24) is 15.5 Å². The largest absolute Gasteiger partial charge is 0.338 e. The van der Waals surface area contributed by atoms with Gasteiger partial charge in [-0.2, -0.15) is 5.10 Å². The van der Waals surface area contributed by atoms with Crippen LogP contribution in [0, 0.1) is 0 Å². The Morgan fingerprint density at radius 3 is 3.08 bits per heavy atom. The highest BCUT2D eigenvalue weighted by Gasteiger charge is 1.99. The second kappa shape index (κ2) is 5.08. The molecule has 0 aliphatic rings. The van der Waals surface area contributed by atoms with Crippen LogP contribution in [0.1, 0.15) is 13.3 Å². The molecule has 1 heterocycles. The number of amides is 2. The van der Waals surface area contributed by atoms with E-state index in [2.05, 4.69) is 20.8 Å². The predicted octanol–water partition coefficient (Wildman–Crippen LogP) is 1.01. The maximum absolute atomic E-state index is 11.1. The molecule has 0 bridgehead atoms. The monoisotopic (exact) mass is 180 g/mol.